The predicted octanol–water partition coefficient (Wildman–Crippen LogP) is 2.33. The summed E-state index contributed by atoms with van der Waals surface area (Å²) in [6.07, 6.45) is 7.78. The Labute approximate surface area is 104 Å². The number of hydrogen-bond donors (Lipinski definition) is 1. The van der Waals surface area contributed by atoms with Crippen molar-refractivity contribution >= 4 is 5.91 Å². The van der Waals surface area contributed by atoms with Crippen molar-refractivity contribution < 1.29 is 9.90 Å². The summed E-state index contributed by atoms with van der Waals surface area (Å²) in [6.45, 7) is 3.12. The number of aliphatic hydroxyl groups excluding tert-OH is 1. The second-order valence-electron chi connectivity index (χ2n) is 5.60. The van der Waals surface area contributed by atoms with E-state index < -0.39 is 0 Å². The van der Waals surface area contributed by atoms with Crippen LogP contribution in [0.4, 0.5) is 0 Å². The highest BCUT2D eigenvalue weighted by molar-refractivity contribution is 5.76. The minimum atomic E-state index is -0.196. The number of nitrogens with zero attached hydrogens (tertiary/aromatic N) is 1. The first-order chi connectivity index (χ1) is 8.22. The molecule has 1 N–H and O–H groups in total. The average molecular weight is 239 g/mol. The Morgan fingerprint density at radius 1 is 1.29 bits per heavy atom. The van der Waals surface area contributed by atoms with E-state index in [0.717, 1.165) is 45.1 Å². The van der Waals surface area contributed by atoms with Crippen LogP contribution in [0.2, 0.25) is 0 Å². The molecule has 1 amide bonds. The molecule has 2 rings (SSSR count). The van der Waals surface area contributed by atoms with Gasteiger partial charge in [-0.1, -0.05) is 19.8 Å². The number of likely N-dealkylation sites (tertiary alicyclic amines) is 1. The molecule has 1 aliphatic heterocycles. The number of hydrogen-bond acceptors (Lipinski definition) is 2. The maximum Gasteiger partial charge on any atom is 0.222 e. The topological polar surface area (TPSA) is 40.5 Å². The highest BCUT2D eigenvalue weighted by Crippen LogP contribution is 2.32. The highest BCUT2D eigenvalue weighted by atomic mass is 16.3. The first-order valence-electron chi connectivity index (χ1n) is 7.20. The van der Waals surface area contributed by atoms with Crippen LogP contribution < -0.4 is 0 Å². The summed E-state index contributed by atoms with van der Waals surface area (Å²) in [4.78, 5) is 14.2. The fraction of sp³-hybridized carbons (Fsp3) is 0.929. The van der Waals surface area contributed by atoms with Crippen molar-refractivity contribution in [3.8, 4) is 0 Å². The third kappa shape index (κ3) is 3.01. The molecule has 2 aliphatic rings. The molecule has 0 spiro atoms. The molecule has 3 nitrogen and oxygen atoms in total. The van der Waals surface area contributed by atoms with Gasteiger partial charge in [0.15, 0.2) is 0 Å². The average Bonchev–Trinajstić information content (AvgIpc) is 2.54. The lowest BCUT2D eigenvalue weighted by atomic mass is 9.80. The van der Waals surface area contributed by atoms with Crippen molar-refractivity contribution in [1.82, 2.24) is 4.90 Å². The van der Waals surface area contributed by atoms with Crippen LogP contribution in [0.3, 0.4) is 0 Å². The van der Waals surface area contributed by atoms with Gasteiger partial charge in [0.05, 0.1) is 6.10 Å². The largest absolute Gasteiger partial charge is 0.393 e. The van der Waals surface area contributed by atoms with E-state index in [1.165, 1.54) is 6.42 Å². The van der Waals surface area contributed by atoms with Crippen LogP contribution in [0.15, 0.2) is 0 Å². The van der Waals surface area contributed by atoms with Crippen LogP contribution in [0.25, 0.3) is 0 Å². The zero-order chi connectivity index (χ0) is 12.3. The molecule has 0 aromatic rings. The van der Waals surface area contributed by atoms with E-state index in [4.69, 9.17) is 0 Å². The molecule has 17 heavy (non-hydrogen) atoms. The number of aliphatic hydroxyl groups is 1. The number of carbonyl (C=O) groups is 1. The molecule has 1 heterocycles. The fourth-order valence-electron chi connectivity index (χ4n) is 3.40. The number of carbonyl (C=O) groups excluding carboxylic acids is 1. The standard InChI is InChI=1S/C14H25NO2/c1-2-11-7-8-12(16)10-13(11)15-9-5-3-4-6-14(15)17/h11-13,16H,2-10H2,1H3. The molecule has 3 heteroatoms. The Hall–Kier alpha value is -0.570. The van der Waals surface area contributed by atoms with E-state index in [0.29, 0.717) is 24.3 Å². The summed E-state index contributed by atoms with van der Waals surface area (Å²) < 4.78 is 0. The van der Waals surface area contributed by atoms with Crippen LogP contribution in [-0.2, 0) is 4.79 Å². The summed E-state index contributed by atoms with van der Waals surface area (Å²) in [6, 6.07) is 0.300. The van der Waals surface area contributed by atoms with Crippen LogP contribution in [0.5, 0.6) is 0 Å². The van der Waals surface area contributed by atoms with Crippen molar-refractivity contribution in [3.63, 3.8) is 0 Å². The van der Waals surface area contributed by atoms with Gasteiger partial charge in [0.25, 0.3) is 0 Å². The molecule has 1 aliphatic carbocycles. The summed E-state index contributed by atoms with van der Waals surface area (Å²) in [5, 5.41) is 9.84. The van der Waals surface area contributed by atoms with E-state index in [-0.39, 0.29) is 6.10 Å². The second kappa shape index (κ2) is 5.85. The van der Waals surface area contributed by atoms with Gasteiger partial charge in [-0.05, 0) is 38.0 Å². The molecule has 98 valence electrons. The Balaban J connectivity index is 2.07. The van der Waals surface area contributed by atoms with Gasteiger partial charge in [-0.3, -0.25) is 4.79 Å². The van der Waals surface area contributed by atoms with Gasteiger partial charge >= 0.3 is 0 Å². The summed E-state index contributed by atoms with van der Waals surface area (Å²) >= 11 is 0. The van der Waals surface area contributed by atoms with Crippen molar-refractivity contribution in [2.45, 2.75) is 70.4 Å². The van der Waals surface area contributed by atoms with Gasteiger partial charge < -0.3 is 10.0 Å². The molecule has 0 aromatic heterocycles. The Morgan fingerprint density at radius 3 is 2.88 bits per heavy atom. The normalized spacial score (nSPS) is 35.8. The lowest BCUT2D eigenvalue weighted by Gasteiger charge is -2.41. The highest BCUT2D eigenvalue weighted by Gasteiger charge is 2.35. The second-order valence-corrected chi connectivity index (χ2v) is 5.60. The van der Waals surface area contributed by atoms with Crippen LogP contribution in [0, 0.1) is 5.92 Å². The molecule has 3 atom stereocenters. The van der Waals surface area contributed by atoms with Gasteiger partial charge in [-0.25, -0.2) is 0 Å². The van der Waals surface area contributed by atoms with Crippen LogP contribution in [0.1, 0.15) is 58.3 Å². The van der Waals surface area contributed by atoms with E-state index in [9.17, 15) is 9.90 Å². The quantitative estimate of drug-likeness (QED) is 0.803. The zero-order valence-electron chi connectivity index (χ0n) is 10.9. The first-order valence-corrected chi connectivity index (χ1v) is 7.20. The monoisotopic (exact) mass is 239 g/mol. The lowest BCUT2D eigenvalue weighted by molar-refractivity contribution is -0.136. The molecule has 3 unspecified atom stereocenters. The van der Waals surface area contributed by atoms with Gasteiger partial charge in [-0.2, -0.15) is 0 Å². The van der Waals surface area contributed by atoms with E-state index in [1.807, 2.05) is 0 Å². The van der Waals surface area contributed by atoms with Crippen LogP contribution >= 0.6 is 0 Å². The third-order valence-corrected chi connectivity index (χ3v) is 4.46. The molecule has 0 aromatic carbocycles. The Morgan fingerprint density at radius 2 is 2.12 bits per heavy atom. The molecule has 0 bridgehead atoms. The number of rotatable bonds is 2. The lowest BCUT2D eigenvalue weighted by Crippen LogP contribution is -2.48. The fourth-order valence-corrected chi connectivity index (χ4v) is 3.40. The van der Waals surface area contributed by atoms with Crippen molar-refractivity contribution in [2.24, 2.45) is 5.92 Å². The molecule has 2 fully saturated rings. The molecule has 1 saturated carbocycles. The van der Waals surface area contributed by atoms with E-state index in [2.05, 4.69) is 11.8 Å². The van der Waals surface area contributed by atoms with Gasteiger partial charge in [0.2, 0.25) is 5.91 Å². The van der Waals surface area contributed by atoms with Crippen LogP contribution in [-0.4, -0.2) is 34.6 Å². The summed E-state index contributed by atoms with van der Waals surface area (Å²) in [7, 11) is 0. The van der Waals surface area contributed by atoms with Crippen molar-refractivity contribution in [1.29, 1.82) is 0 Å². The third-order valence-electron chi connectivity index (χ3n) is 4.46. The van der Waals surface area contributed by atoms with Crippen molar-refractivity contribution in [2.75, 3.05) is 6.54 Å². The molecule has 1 saturated heterocycles. The predicted molar refractivity (Wildman–Crippen MR) is 67.6 cm³/mol. The maximum atomic E-state index is 12.1. The summed E-state index contributed by atoms with van der Waals surface area (Å²) in [5.41, 5.74) is 0. The first kappa shape index (κ1) is 12.9. The van der Waals surface area contributed by atoms with Crippen molar-refractivity contribution in [3.05, 3.63) is 0 Å². The minimum Gasteiger partial charge on any atom is -0.393 e. The maximum absolute atomic E-state index is 12.1. The molecular weight excluding hydrogens is 214 g/mol. The summed E-state index contributed by atoms with van der Waals surface area (Å²) in [5.74, 6) is 0.917. The number of amides is 1. The van der Waals surface area contributed by atoms with Gasteiger partial charge in [0.1, 0.15) is 0 Å². The Kier molecular flexibility index (Phi) is 4.43. The minimum absolute atomic E-state index is 0.196. The molecule has 0 radical (unpaired) electrons. The van der Waals surface area contributed by atoms with E-state index >= 15 is 0 Å². The van der Waals surface area contributed by atoms with Gasteiger partial charge in [0, 0.05) is 19.0 Å². The Bertz CT molecular complexity index is 267. The van der Waals surface area contributed by atoms with E-state index in [1.54, 1.807) is 0 Å². The zero-order valence-corrected chi connectivity index (χ0v) is 10.9. The van der Waals surface area contributed by atoms with Gasteiger partial charge in [-0.15, -0.1) is 0 Å². The smallest absolute Gasteiger partial charge is 0.222 e. The molecular formula is C14H25NO2. The SMILES string of the molecule is CCC1CCC(O)CC1N1CCCCCC1=O.